The van der Waals surface area contributed by atoms with Crippen molar-refractivity contribution in [2.45, 2.75) is 150 Å². The number of phosphoric ester groups is 1. The number of anilines is 1. The number of nitrogens with zero attached hydrogens (tertiary/aromatic N) is 4. The van der Waals surface area contributed by atoms with Crippen molar-refractivity contribution >= 4 is 48.1 Å². The van der Waals surface area contributed by atoms with Crippen molar-refractivity contribution in [2.24, 2.45) is 17.3 Å². The van der Waals surface area contributed by atoms with Gasteiger partial charge in [-0.05, 0) is 94.0 Å². The third-order valence-electron chi connectivity index (χ3n) is 20.4. The Hall–Kier alpha value is -5.03. The van der Waals surface area contributed by atoms with Crippen LogP contribution in [0.1, 0.15) is 107 Å². The van der Waals surface area contributed by atoms with E-state index in [1.165, 1.54) is 18.1 Å². The van der Waals surface area contributed by atoms with Crippen LogP contribution < -0.4 is 15.0 Å². The second-order valence-corrected chi connectivity index (χ2v) is 26.0. The standard InChI is InChI=1S/C60H81N6O15P/c1-7-56(73)30-36-31-59(55(72)79-6,48-38(18-24-64(32-36)34-56)37-16-11-12-17-42(37)62-48)41-27-40-43(28-46(41)78-5)63(4)52-58(40)20-25-65-22-15-19-57(8-2,51(58)65)53(70)60(52,74)54(71)61-21-13-9-10-14-23-66-49(68)35(3)26-39(50(66)69)45-29-44(67)47(81-45)33-80-82(75,76)77/h11-12,15-17,19,26-28,36,39,44-45,47,51-53,62,67,70,73-74H,7-10,13-14,18,20-25,29-34H2,1-6H3,(H,61,71)(H2,75,76,77)/t36?,39?,44-,45+,47+,51?,52?,53+,56-,57+,58?,59-,60-/m0/s1. The van der Waals surface area contributed by atoms with Gasteiger partial charge in [-0.25, -0.2) is 4.57 Å². The quantitative estimate of drug-likeness (QED) is 0.0316. The molecule has 1 spiro atoms. The van der Waals surface area contributed by atoms with Crippen molar-refractivity contribution in [3.63, 3.8) is 0 Å². The van der Waals surface area contributed by atoms with E-state index in [0.29, 0.717) is 120 Å². The van der Waals surface area contributed by atoms with E-state index >= 15 is 9.59 Å². The predicted octanol–water partition coefficient (Wildman–Crippen LogP) is 3.48. The van der Waals surface area contributed by atoms with Crippen molar-refractivity contribution in [1.29, 1.82) is 0 Å². The van der Waals surface area contributed by atoms with E-state index in [-0.39, 0.29) is 31.5 Å². The number of benzene rings is 2. The highest BCUT2D eigenvalue weighted by atomic mass is 31.2. The van der Waals surface area contributed by atoms with E-state index in [4.69, 9.17) is 24.0 Å². The van der Waals surface area contributed by atoms with Gasteiger partial charge >= 0.3 is 13.8 Å². The highest BCUT2D eigenvalue weighted by Crippen LogP contribution is 2.68. The molecule has 8 aliphatic rings. The fourth-order valence-corrected chi connectivity index (χ4v) is 17.2. The van der Waals surface area contributed by atoms with Gasteiger partial charge in [0.05, 0.1) is 50.6 Å². The topological polar surface area (TPSA) is 284 Å². The van der Waals surface area contributed by atoms with E-state index in [1.807, 2.05) is 62.2 Å². The zero-order valence-electron chi connectivity index (χ0n) is 47.8. The Morgan fingerprint density at radius 3 is 2.48 bits per heavy atom. The van der Waals surface area contributed by atoms with Gasteiger partial charge in [-0.15, -0.1) is 0 Å². The molecule has 3 aromatic rings. The highest BCUT2D eigenvalue weighted by Gasteiger charge is 2.79. The fourth-order valence-electron chi connectivity index (χ4n) is 16.8. The van der Waals surface area contributed by atoms with Crippen LogP contribution in [-0.4, -0.2) is 195 Å². The van der Waals surface area contributed by atoms with Crippen LogP contribution in [0.15, 0.2) is 60.2 Å². The average Bonchev–Trinajstić information content (AvgIpc) is 1.48. The lowest BCUT2D eigenvalue weighted by Crippen LogP contribution is -2.81. The summed E-state index contributed by atoms with van der Waals surface area (Å²) in [5.41, 5.74) is -1.80. The monoisotopic (exact) mass is 1160 g/mol. The lowest BCUT2D eigenvalue weighted by atomic mass is 9.47. The number of phosphoric acid groups is 1. The molecule has 4 fully saturated rings. The SMILES string of the molecule is CC[C@]1(O)CC2CN(CCc3c([nH]c4ccccc34)[C@@](C(=O)OC)(c3cc4c(cc3OC)N(C)C3C45CCN4CC=C[C@](CC)(C45)[C@@H](O)[C@]3(O)C(=O)NCCCCCCN3C(=O)C(C)=CC([C@H]4C[C@H](O)[C@@H](COP(=O)(O)O)O4)C3=O)C2)C1. The number of imide groups is 1. The highest BCUT2D eigenvalue weighted by molar-refractivity contribution is 7.46. The Bertz CT molecular complexity index is 3130. The number of esters is 1. The van der Waals surface area contributed by atoms with Crippen molar-refractivity contribution in [3.8, 4) is 5.75 Å². The Labute approximate surface area is 478 Å². The molecule has 2 aromatic carbocycles. The number of aliphatic hydroxyl groups is 4. The molecule has 3 amide bonds. The van der Waals surface area contributed by atoms with E-state index < -0.39 is 102 Å². The molecule has 21 nitrogen and oxygen atoms in total. The zero-order chi connectivity index (χ0) is 58.5. The Morgan fingerprint density at radius 2 is 1.74 bits per heavy atom. The second-order valence-electron chi connectivity index (χ2n) is 24.8. The summed E-state index contributed by atoms with van der Waals surface area (Å²) < 4.78 is 34.1. The number of amides is 3. The molecule has 82 heavy (non-hydrogen) atoms. The van der Waals surface area contributed by atoms with Crippen LogP contribution in [0.4, 0.5) is 5.69 Å². The number of H-pyrrole nitrogens is 1. The number of aromatic nitrogens is 1. The normalized spacial score (nSPS) is 36.0. The third-order valence-corrected chi connectivity index (χ3v) is 20.9. The first-order valence-electron chi connectivity index (χ1n) is 29.3. The zero-order valence-corrected chi connectivity index (χ0v) is 48.7. The van der Waals surface area contributed by atoms with Crippen LogP contribution in [0.5, 0.6) is 5.75 Å². The van der Waals surface area contributed by atoms with Gasteiger partial charge in [0, 0.05) is 109 Å². The molecular weight excluding hydrogens is 1080 g/mol. The van der Waals surface area contributed by atoms with Gasteiger partial charge in [-0.1, -0.05) is 63.1 Å². The molecule has 446 valence electrons. The Morgan fingerprint density at radius 1 is 0.976 bits per heavy atom. The smallest absolute Gasteiger partial charge is 0.469 e. The number of methoxy groups -OCH3 is 2. The van der Waals surface area contributed by atoms with E-state index in [0.717, 1.165) is 27.7 Å². The van der Waals surface area contributed by atoms with Crippen molar-refractivity contribution in [3.05, 3.63) is 82.6 Å². The maximum atomic E-state index is 15.5. The molecule has 22 heteroatoms. The molecule has 7 aliphatic heterocycles. The van der Waals surface area contributed by atoms with Crippen molar-refractivity contribution in [1.82, 2.24) is 25.0 Å². The Balaban J connectivity index is 0.881. The van der Waals surface area contributed by atoms with Crippen molar-refractivity contribution < 1.29 is 72.7 Å². The second kappa shape index (κ2) is 21.8. The number of unbranched alkanes of at least 4 members (excludes halogenated alkanes) is 3. The van der Waals surface area contributed by atoms with E-state index in [2.05, 4.69) is 36.8 Å². The molecule has 6 unspecified atom stereocenters. The number of carbonyl (C=O) groups excluding carboxylic acids is 4. The minimum atomic E-state index is -4.83. The maximum Gasteiger partial charge on any atom is 0.469 e. The van der Waals surface area contributed by atoms with Crippen LogP contribution in [0.3, 0.4) is 0 Å². The molecule has 1 aromatic heterocycles. The number of ether oxygens (including phenoxy) is 3. The van der Waals surface area contributed by atoms with Gasteiger partial charge in [0.25, 0.3) is 11.8 Å². The number of nitrogens with one attached hydrogen (secondary N) is 2. The summed E-state index contributed by atoms with van der Waals surface area (Å²) >= 11 is 0. The molecule has 1 aliphatic carbocycles. The number of hydrogen-bond donors (Lipinski definition) is 8. The van der Waals surface area contributed by atoms with Crippen LogP contribution >= 0.6 is 7.82 Å². The molecule has 8 N–H and O–H groups in total. The maximum absolute atomic E-state index is 15.5. The summed E-state index contributed by atoms with van der Waals surface area (Å²) in [6, 6.07) is 10.8. The van der Waals surface area contributed by atoms with Crippen molar-refractivity contribution in [2.75, 3.05) is 78.6 Å². The summed E-state index contributed by atoms with van der Waals surface area (Å²) in [7, 11) is 0.0401. The number of para-hydroxylation sites is 1. The minimum absolute atomic E-state index is 0.00182. The largest absolute Gasteiger partial charge is 0.496 e. The van der Waals surface area contributed by atoms with Crippen LogP contribution in [0.2, 0.25) is 0 Å². The van der Waals surface area contributed by atoms with Gasteiger partial charge in [0.2, 0.25) is 5.91 Å². The minimum Gasteiger partial charge on any atom is -0.496 e. The van der Waals surface area contributed by atoms with Gasteiger partial charge < -0.3 is 59.6 Å². The van der Waals surface area contributed by atoms with Crippen LogP contribution in [0.25, 0.3) is 10.9 Å². The number of fused-ring (bicyclic) bond motifs is 6. The van der Waals surface area contributed by atoms with Crippen LogP contribution in [-0.2, 0) is 55.0 Å². The van der Waals surface area contributed by atoms with Gasteiger partial charge in [-0.2, -0.15) is 0 Å². The van der Waals surface area contributed by atoms with E-state index in [1.54, 1.807) is 14.0 Å². The molecule has 1 saturated carbocycles. The molecular formula is C60H81N6O15P. The first-order chi connectivity index (χ1) is 39.0. The summed E-state index contributed by atoms with van der Waals surface area (Å²) in [5.74, 6) is -2.75. The summed E-state index contributed by atoms with van der Waals surface area (Å²) in [6.45, 7) is 8.39. The lowest BCUT2D eigenvalue weighted by molar-refractivity contribution is -0.203. The fraction of sp³-hybridized carbons (Fsp3) is 0.633. The molecule has 0 radical (unpaired) electrons. The summed E-state index contributed by atoms with van der Waals surface area (Å²) in [5, 5.41) is 53.4. The Kier molecular flexibility index (Phi) is 15.6. The van der Waals surface area contributed by atoms with Crippen LogP contribution in [0, 0.1) is 17.3 Å². The lowest BCUT2D eigenvalue weighted by Gasteiger charge is -2.63. The van der Waals surface area contributed by atoms with Gasteiger partial charge in [-0.3, -0.25) is 38.4 Å². The molecule has 11 rings (SSSR count). The predicted molar refractivity (Wildman–Crippen MR) is 302 cm³/mol. The van der Waals surface area contributed by atoms with E-state index in [9.17, 15) is 34.6 Å². The molecule has 3 saturated heterocycles. The molecule has 8 heterocycles. The number of piperidine rings is 1. The van der Waals surface area contributed by atoms with Gasteiger partial charge in [0.15, 0.2) is 5.60 Å². The average molecular weight is 1160 g/mol. The third kappa shape index (κ3) is 9.22. The summed E-state index contributed by atoms with van der Waals surface area (Å²) in [6.07, 6.45) is 5.92. The molecule has 2 bridgehead atoms. The first-order valence-corrected chi connectivity index (χ1v) is 30.9. The number of hydrogen-bond acceptors (Lipinski definition) is 16. The molecule has 14 atom stereocenters. The number of aliphatic hydroxyl groups excluding tert-OH is 2. The number of carbonyl (C=O) groups is 4. The number of aromatic amines is 1. The summed E-state index contributed by atoms with van der Waals surface area (Å²) in [4.78, 5) is 87.8. The number of likely N-dealkylation sites (N-methyl/N-ethyl adjacent to an activating group) is 1. The van der Waals surface area contributed by atoms with Gasteiger partial charge in [0.1, 0.15) is 23.4 Å². The number of rotatable bonds is 17. The first kappa shape index (κ1) is 58.7.